The summed E-state index contributed by atoms with van der Waals surface area (Å²) < 4.78 is 31.2. The van der Waals surface area contributed by atoms with Gasteiger partial charge in [-0.25, -0.2) is 18.3 Å². The molecular formula is C36H47F2N7O2. The molecule has 1 amide bonds. The molecule has 9 nitrogen and oxygen atoms in total. The summed E-state index contributed by atoms with van der Waals surface area (Å²) >= 11 is 0. The Labute approximate surface area is 275 Å². The number of hydrogen-bond donors (Lipinski definition) is 3. The number of aromatic nitrogens is 3. The van der Waals surface area contributed by atoms with Crippen molar-refractivity contribution in [3.63, 3.8) is 0 Å². The fourth-order valence-electron chi connectivity index (χ4n) is 6.00. The van der Waals surface area contributed by atoms with Crippen LogP contribution in [0.1, 0.15) is 68.6 Å². The smallest absolute Gasteiger partial charge is 0.219 e. The predicted molar refractivity (Wildman–Crippen MR) is 182 cm³/mol. The highest BCUT2D eigenvalue weighted by Crippen LogP contribution is 2.30. The van der Waals surface area contributed by atoms with Crippen molar-refractivity contribution in [3.05, 3.63) is 83.6 Å². The molecule has 2 unspecified atom stereocenters. The molecule has 0 aliphatic carbocycles. The molecule has 252 valence electrons. The molecule has 0 spiro atoms. The monoisotopic (exact) mass is 647 g/mol. The topological polar surface area (TPSA) is 118 Å². The van der Waals surface area contributed by atoms with Gasteiger partial charge in [0.2, 0.25) is 5.91 Å². The van der Waals surface area contributed by atoms with Crippen LogP contribution in [0.3, 0.4) is 0 Å². The zero-order chi connectivity index (χ0) is 33.8. The van der Waals surface area contributed by atoms with Crippen molar-refractivity contribution in [2.24, 2.45) is 5.73 Å². The molecular weight excluding hydrogens is 600 g/mol. The van der Waals surface area contributed by atoms with Crippen LogP contribution in [0.2, 0.25) is 0 Å². The van der Waals surface area contributed by atoms with Crippen LogP contribution in [0.5, 0.6) is 0 Å². The van der Waals surface area contributed by atoms with E-state index >= 15 is 4.39 Å². The Morgan fingerprint density at radius 1 is 1.11 bits per heavy atom. The van der Waals surface area contributed by atoms with Gasteiger partial charge in [-0.3, -0.25) is 4.79 Å². The SMILES string of the molecule is CC.CNC(=O)CCC(C=O)Nc1ccc(C2CCN(CC(F)CCc3cc4c(-c5ccc(CN)c(F)c5)ncnn4c3)CC2)cc1. The van der Waals surface area contributed by atoms with Crippen molar-refractivity contribution in [1.82, 2.24) is 24.8 Å². The Bertz CT molecular complexity index is 1590. The number of amides is 1. The molecule has 1 fully saturated rings. The van der Waals surface area contributed by atoms with Crippen molar-refractivity contribution in [3.8, 4) is 11.3 Å². The average molecular weight is 648 g/mol. The maximum absolute atomic E-state index is 15.1. The number of fused-ring (bicyclic) bond motifs is 1. The van der Waals surface area contributed by atoms with Gasteiger partial charge in [-0.1, -0.05) is 38.1 Å². The quantitative estimate of drug-likeness (QED) is 0.151. The lowest BCUT2D eigenvalue weighted by Crippen LogP contribution is -2.37. The highest BCUT2D eigenvalue weighted by molar-refractivity contribution is 5.77. The number of rotatable bonds is 14. The van der Waals surface area contributed by atoms with Gasteiger partial charge in [0.15, 0.2) is 0 Å². The minimum absolute atomic E-state index is 0.0887. The van der Waals surface area contributed by atoms with Gasteiger partial charge >= 0.3 is 0 Å². The van der Waals surface area contributed by atoms with E-state index in [1.54, 1.807) is 23.7 Å². The van der Waals surface area contributed by atoms with E-state index in [1.807, 2.05) is 38.2 Å². The van der Waals surface area contributed by atoms with Crippen LogP contribution in [0.25, 0.3) is 16.8 Å². The fourth-order valence-corrected chi connectivity index (χ4v) is 6.00. The van der Waals surface area contributed by atoms with Crippen molar-refractivity contribution in [2.75, 3.05) is 32.0 Å². The number of alkyl halides is 1. The Morgan fingerprint density at radius 2 is 1.85 bits per heavy atom. The minimum atomic E-state index is -0.951. The molecule has 4 N–H and O–H groups in total. The van der Waals surface area contributed by atoms with Gasteiger partial charge in [0, 0.05) is 49.6 Å². The molecule has 0 saturated carbocycles. The highest BCUT2D eigenvalue weighted by atomic mass is 19.1. The van der Waals surface area contributed by atoms with E-state index < -0.39 is 12.2 Å². The number of nitrogens with two attached hydrogens (primary N) is 1. The lowest BCUT2D eigenvalue weighted by atomic mass is 9.89. The lowest BCUT2D eigenvalue weighted by molar-refractivity contribution is -0.120. The third-order valence-corrected chi connectivity index (χ3v) is 8.66. The summed E-state index contributed by atoms with van der Waals surface area (Å²) in [7, 11) is 1.58. The molecule has 5 rings (SSSR count). The second-order valence-corrected chi connectivity index (χ2v) is 11.7. The number of piperidine rings is 1. The lowest BCUT2D eigenvalue weighted by Gasteiger charge is -2.33. The fraction of sp³-hybridized carbons (Fsp3) is 0.444. The van der Waals surface area contributed by atoms with Crippen molar-refractivity contribution in [1.29, 1.82) is 0 Å². The number of halogens is 2. The summed E-state index contributed by atoms with van der Waals surface area (Å²) in [5.74, 6) is -0.0455. The molecule has 3 heterocycles. The molecule has 2 aromatic carbocycles. The normalized spacial score (nSPS) is 15.0. The van der Waals surface area contributed by atoms with Crippen LogP contribution in [0.4, 0.5) is 14.5 Å². The number of aryl methyl sites for hydroxylation is 1. The summed E-state index contributed by atoms with van der Waals surface area (Å²) in [5, 5.41) is 10.1. The van der Waals surface area contributed by atoms with Gasteiger partial charge < -0.3 is 26.1 Å². The standard InChI is InChI=1S/C34H41F2N7O2.C2H6/c1-38-33(45)11-10-30(21-44)41-29-8-5-24(6-9-29)25-12-14-42(15-13-25)20-28(35)7-2-23-16-32-34(39-22-40-43(32)19-23)26-3-4-27(18-37)31(36)17-26;1-2/h3-6,8-9,16-17,19,21-22,25,28,30,41H,2,7,10-15,18,20,37H2,1H3,(H,38,45);1-2H3. The summed E-state index contributed by atoms with van der Waals surface area (Å²) in [6, 6.07) is 14.6. The number of benzene rings is 2. The minimum Gasteiger partial charge on any atom is -0.376 e. The van der Waals surface area contributed by atoms with Crippen LogP contribution in [-0.2, 0) is 22.6 Å². The summed E-state index contributed by atoms with van der Waals surface area (Å²) in [5.41, 5.74) is 11.1. The first-order valence-corrected chi connectivity index (χ1v) is 16.6. The third kappa shape index (κ3) is 9.65. The predicted octanol–water partition coefficient (Wildman–Crippen LogP) is 5.68. The van der Waals surface area contributed by atoms with Crippen LogP contribution < -0.4 is 16.4 Å². The van der Waals surface area contributed by atoms with Gasteiger partial charge in [-0.2, -0.15) is 5.10 Å². The summed E-state index contributed by atoms with van der Waals surface area (Å²) in [4.78, 5) is 29.5. The van der Waals surface area contributed by atoms with Gasteiger partial charge in [0.1, 0.15) is 24.6 Å². The molecule has 47 heavy (non-hydrogen) atoms. The first-order valence-electron chi connectivity index (χ1n) is 16.6. The van der Waals surface area contributed by atoms with Gasteiger partial charge in [0.25, 0.3) is 0 Å². The van der Waals surface area contributed by atoms with E-state index in [0.717, 1.165) is 49.0 Å². The van der Waals surface area contributed by atoms with Crippen LogP contribution in [0.15, 0.2) is 61.1 Å². The number of likely N-dealkylation sites (tertiary alicyclic amines) is 1. The number of carbonyl (C=O) groups is 2. The van der Waals surface area contributed by atoms with E-state index in [1.165, 1.54) is 18.0 Å². The number of nitrogens with one attached hydrogen (secondary N) is 2. The maximum Gasteiger partial charge on any atom is 0.219 e. The molecule has 0 bridgehead atoms. The van der Waals surface area contributed by atoms with Crippen molar-refractivity contribution in [2.45, 2.75) is 77.0 Å². The Kier molecular flexibility index (Phi) is 13.4. The highest BCUT2D eigenvalue weighted by Gasteiger charge is 2.23. The molecule has 0 radical (unpaired) electrons. The van der Waals surface area contributed by atoms with E-state index in [-0.39, 0.29) is 24.7 Å². The molecule has 2 atom stereocenters. The first kappa shape index (κ1) is 35.6. The summed E-state index contributed by atoms with van der Waals surface area (Å²) in [6.45, 7) is 6.21. The van der Waals surface area contributed by atoms with E-state index in [2.05, 4.69) is 37.7 Å². The van der Waals surface area contributed by atoms with E-state index in [4.69, 9.17) is 5.73 Å². The molecule has 1 aliphatic rings. The van der Waals surface area contributed by atoms with Crippen LogP contribution in [-0.4, -0.2) is 70.6 Å². The second kappa shape index (κ2) is 17.6. The molecule has 11 heteroatoms. The number of hydrogen-bond acceptors (Lipinski definition) is 7. The molecule has 1 aliphatic heterocycles. The number of aldehydes is 1. The van der Waals surface area contributed by atoms with Crippen LogP contribution in [0, 0.1) is 5.82 Å². The van der Waals surface area contributed by atoms with Gasteiger partial charge in [-0.15, -0.1) is 0 Å². The molecule has 1 saturated heterocycles. The number of nitrogens with zero attached hydrogens (tertiary/aromatic N) is 4. The number of carbonyl (C=O) groups excluding carboxylic acids is 2. The maximum atomic E-state index is 15.1. The van der Waals surface area contributed by atoms with Crippen molar-refractivity contribution >= 4 is 23.4 Å². The van der Waals surface area contributed by atoms with E-state index in [0.29, 0.717) is 48.5 Å². The average Bonchev–Trinajstić information content (AvgIpc) is 3.54. The number of anilines is 1. The van der Waals surface area contributed by atoms with Crippen molar-refractivity contribution < 1.29 is 18.4 Å². The Balaban J connectivity index is 0.00000245. The summed E-state index contributed by atoms with van der Waals surface area (Å²) in [6.07, 6.45) is 6.82. The Morgan fingerprint density at radius 3 is 2.51 bits per heavy atom. The third-order valence-electron chi connectivity index (χ3n) is 8.66. The molecule has 4 aromatic rings. The van der Waals surface area contributed by atoms with Crippen LogP contribution >= 0.6 is 0 Å². The molecule has 2 aromatic heterocycles. The zero-order valence-corrected chi connectivity index (χ0v) is 27.6. The largest absolute Gasteiger partial charge is 0.376 e. The van der Waals surface area contributed by atoms with E-state index in [9.17, 15) is 14.0 Å². The second-order valence-electron chi connectivity index (χ2n) is 11.7. The zero-order valence-electron chi connectivity index (χ0n) is 27.6. The first-order chi connectivity index (χ1) is 22.9. The van der Waals surface area contributed by atoms with Gasteiger partial charge in [-0.05, 0) is 86.5 Å². The Hall–Kier alpha value is -4.22. The van der Waals surface area contributed by atoms with Gasteiger partial charge in [0.05, 0.1) is 17.3 Å².